The number of benzene rings is 2. The third-order valence-electron chi connectivity index (χ3n) is 5.58. The van der Waals surface area contributed by atoms with Gasteiger partial charge >= 0.3 is 0 Å². The molecular formula is C23H23N5O4. The lowest BCUT2D eigenvalue weighted by molar-refractivity contribution is -0.384. The second kappa shape index (κ2) is 8.26. The molecule has 0 saturated carbocycles. The lowest BCUT2D eigenvalue weighted by atomic mass is 10.0. The van der Waals surface area contributed by atoms with Gasteiger partial charge in [0, 0.05) is 17.7 Å². The van der Waals surface area contributed by atoms with Gasteiger partial charge in [-0.15, -0.1) is 0 Å². The summed E-state index contributed by atoms with van der Waals surface area (Å²) < 4.78 is 1.58. The third-order valence-corrected chi connectivity index (χ3v) is 5.58. The minimum atomic E-state index is -0.798. The van der Waals surface area contributed by atoms with Gasteiger partial charge in [-0.2, -0.15) is 5.10 Å². The van der Waals surface area contributed by atoms with Crippen molar-refractivity contribution in [2.75, 3.05) is 10.6 Å². The van der Waals surface area contributed by atoms with Crippen molar-refractivity contribution in [2.45, 2.75) is 39.7 Å². The van der Waals surface area contributed by atoms with E-state index in [0.29, 0.717) is 23.5 Å². The highest BCUT2D eigenvalue weighted by atomic mass is 16.6. The molecule has 4 rings (SSSR count). The van der Waals surface area contributed by atoms with Crippen molar-refractivity contribution >= 4 is 29.0 Å². The van der Waals surface area contributed by atoms with E-state index in [-0.39, 0.29) is 18.0 Å². The average Bonchev–Trinajstić information content (AvgIpc) is 3.25. The summed E-state index contributed by atoms with van der Waals surface area (Å²) in [6.07, 6.45) is 0.532. The lowest BCUT2D eigenvalue weighted by Crippen LogP contribution is -2.24. The molecule has 9 heteroatoms. The summed E-state index contributed by atoms with van der Waals surface area (Å²) >= 11 is 0. The molecule has 1 aliphatic rings. The molecule has 9 nitrogen and oxygen atoms in total. The van der Waals surface area contributed by atoms with Gasteiger partial charge in [-0.25, -0.2) is 4.68 Å². The van der Waals surface area contributed by atoms with Gasteiger partial charge in [0.1, 0.15) is 11.9 Å². The van der Waals surface area contributed by atoms with Gasteiger partial charge in [0.2, 0.25) is 5.91 Å². The van der Waals surface area contributed by atoms with Crippen molar-refractivity contribution < 1.29 is 14.5 Å². The Bertz CT molecular complexity index is 1230. The molecule has 1 atom stereocenters. The number of nitro benzene ring substituents is 1. The van der Waals surface area contributed by atoms with Crippen LogP contribution in [-0.4, -0.2) is 26.5 Å². The first-order chi connectivity index (χ1) is 15.3. The van der Waals surface area contributed by atoms with E-state index in [9.17, 15) is 19.7 Å². The number of aromatic nitrogens is 2. The van der Waals surface area contributed by atoms with Gasteiger partial charge in [0.05, 0.1) is 22.7 Å². The van der Waals surface area contributed by atoms with Crippen LogP contribution in [0.25, 0.3) is 11.1 Å². The van der Waals surface area contributed by atoms with Gasteiger partial charge < -0.3 is 10.6 Å². The standard InChI is InChI=1S/C23H23N5O4/c1-4-17-21(15-8-5-13(2)6-9-15)22-25-23(30)19(27(22)26-17)12-20(29)24-18-11-16(28(31)32)10-7-14(18)3/h5-11,19H,4,12H2,1-3H3,(H,24,29)(H,25,30). The van der Waals surface area contributed by atoms with Gasteiger partial charge in [0.25, 0.3) is 11.6 Å². The second-order valence-electron chi connectivity index (χ2n) is 7.85. The van der Waals surface area contributed by atoms with Crippen LogP contribution in [0, 0.1) is 24.0 Å². The summed E-state index contributed by atoms with van der Waals surface area (Å²) in [4.78, 5) is 35.9. The zero-order valence-electron chi connectivity index (χ0n) is 18.0. The molecule has 164 valence electrons. The maximum Gasteiger partial charge on any atom is 0.271 e. The number of nitro groups is 1. The largest absolute Gasteiger partial charge is 0.326 e. The first-order valence-electron chi connectivity index (χ1n) is 10.3. The quantitative estimate of drug-likeness (QED) is 0.447. The molecule has 2 heterocycles. The Labute approximate surface area is 184 Å². The van der Waals surface area contributed by atoms with Crippen molar-refractivity contribution in [3.05, 3.63) is 69.4 Å². The Kier molecular flexibility index (Phi) is 5.48. The minimum absolute atomic E-state index is 0.116. The Morgan fingerprint density at radius 2 is 1.94 bits per heavy atom. The highest BCUT2D eigenvalue weighted by Crippen LogP contribution is 2.39. The monoisotopic (exact) mass is 433 g/mol. The summed E-state index contributed by atoms with van der Waals surface area (Å²) in [6.45, 7) is 5.74. The first kappa shape index (κ1) is 21.2. The number of nitrogens with one attached hydrogen (secondary N) is 2. The van der Waals surface area contributed by atoms with Crippen LogP contribution in [0.4, 0.5) is 17.2 Å². The third kappa shape index (κ3) is 3.84. The Hall–Kier alpha value is -4.01. The van der Waals surface area contributed by atoms with E-state index in [1.54, 1.807) is 17.7 Å². The van der Waals surface area contributed by atoms with E-state index >= 15 is 0 Å². The van der Waals surface area contributed by atoms with E-state index in [4.69, 9.17) is 0 Å². The molecule has 0 saturated heterocycles. The molecule has 1 aliphatic heterocycles. The number of anilines is 2. The van der Waals surface area contributed by atoms with Crippen LogP contribution in [0.5, 0.6) is 0 Å². The molecule has 0 spiro atoms. The fourth-order valence-corrected chi connectivity index (χ4v) is 3.82. The molecule has 2 aromatic carbocycles. The van der Waals surface area contributed by atoms with Crippen molar-refractivity contribution in [1.29, 1.82) is 0 Å². The highest BCUT2D eigenvalue weighted by Gasteiger charge is 2.36. The second-order valence-corrected chi connectivity index (χ2v) is 7.85. The average molecular weight is 433 g/mol. The molecule has 0 aliphatic carbocycles. The minimum Gasteiger partial charge on any atom is -0.326 e. The van der Waals surface area contributed by atoms with Gasteiger partial charge in [0.15, 0.2) is 0 Å². The lowest BCUT2D eigenvalue weighted by Gasteiger charge is -2.11. The SMILES string of the molecule is CCc1nn2c(c1-c1ccc(C)cc1)NC(=O)C2CC(=O)Nc1cc([N+](=O)[O-])ccc1C. The van der Waals surface area contributed by atoms with Crippen molar-refractivity contribution in [3.8, 4) is 11.1 Å². The van der Waals surface area contributed by atoms with E-state index in [0.717, 1.165) is 22.4 Å². The van der Waals surface area contributed by atoms with Crippen LogP contribution < -0.4 is 10.6 Å². The summed E-state index contributed by atoms with van der Waals surface area (Å²) in [5.41, 5.74) is 4.70. The molecule has 32 heavy (non-hydrogen) atoms. The zero-order chi connectivity index (χ0) is 23.0. The van der Waals surface area contributed by atoms with E-state index in [1.165, 1.54) is 12.1 Å². The highest BCUT2D eigenvalue weighted by molar-refractivity contribution is 6.04. The Balaban J connectivity index is 1.60. The number of rotatable bonds is 6. The molecule has 0 bridgehead atoms. The molecule has 2 amide bonds. The van der Waals surface area contributed by atoms with Crippen LogP contribution in [0.3, 0.4) is 0 Å². The molecule has 1 aromatic heterocycles. The fourth-order valence-electron chi connectivity index (χ4n) is 3.82. The molecule has 3 aromatic rings. The Morgan fingerprint density at radius 1 is 1.22 bits per heavy atom. The van der Waals surface area contributed by atoms with Crippen LogP contribution in [0.1, 0.15) is 36.2 Å². The molecule has 0 fully saturated rings. The summed E-state index contributed by atoms with van der Waals surface area (Å²) in [5, 5.41) is 21.2. The molecule has 2 N–H and O–H groups in total. The number of non-ortho nitro benzene ring substituents is 1. The number of aryl methyl sites for hydroxylation is 3. The number of hydrogen-bond donors (Lipinski definition) is 2. The predicted molar refractivity (Wildman–Crippen MR) is 121 cm³/mol. The normalized spacial score (nSPS) is 14.7. The van der Waals surface area contributed by atoms with E-state index in [1.807, 2.05) is 38.1 Å². The number of hydrogen-bond acceptors (Lipinski definition) is 5. The maximum absolute atomic E-state index is 12.7. The van der Waals surface area contributed by atoms with Crippen LogP contribution >= 0.6 is 0 Å². The van der Waals surface area contributed by atoms with Gasteiger partial charge in [-0.05, 0) is 31.4 Å². The van der Waals surface area contributed by atoms with E-state index < -0.39 is 16.9 Å². The molecular weight excluding hydrogens is 410 g/mol. The van der Waals surface area contributed by atoms with Gasteiger partial charge in [-0.1, -0.05) is 42.8 Å². The number of carbonyl (C=O) groups excluding carboxylic acids is 2. The molecule has 0 radical (unpaired) electrons. The summed E-state index contributed by atoms with van der Waals surface area (Å²) in [5.74, 6) is -0.151. The first-order valence-corrected chi connectivity index (χ1v) is 10.3. The predicted octanol–water partition coefficient (Wildman–Crippen LogP) is 4.16. The summed E-state index contributed by atoms with van der Waals surface area (Å²) in [7, 11) is 0. The number of amides is 2. The molecule has 1 unspecified atom stereocenters. The number of fused-ring (bicyclic) bond motifs is 1. The maximum atomic E-state index is 12.7. The van der Waals surface area contributed by atoms with Crippen LogP contribution in [-0.2, 0) is 16.0 Å². The number of carbonyl (C=O) groups is 2. The van der Waals surface area contributed by atoms with E-state index in [2.05, 4.69) is 15.7 Å². The fraction of sp³-hybridized carbons (Fsp3) is 0.261. The van der Waals surface area contributed by atoms with Crippen LogP contribution in [0.15, 0.2) is 42.5 Å². The van der Waals surface area contributed by atoms with Crippen molar-refractivity contribution in [2.24, 2.45) is 0 Å². The van der Waals surface area contributed by atoms with Crippen molar-refractivity contribution in [3.63, 3.8) is 0 Å². The van der Waals surface area contributed by atoms with Crippen molar-refractivity contribution in [1.82, 2.24) is 9.78 Å². The number of nitrogens with zero attached hydrogens (tertiary/aromatic N) is 3. The smallest absolute Gasteiger partial charge is 0.271 e. The topological polar surface area (TPSA) is 119 Å². The van der Waals surface area contributed by atoms with Gasteiger partial charge in [-0.3, -0.25) is 19.7 Å². The zero-order valence-corrected chi connectivity index (χ0v) is 18.0. The summed E-state index contributed by atoms with van der Waals surface area (Å²) in [6, 6.07) is 11.4. The Morgan fingerprint density at radius 3 is 2.59 bits per heavy atom. The van der Waals surface area contributed by atoms with Crippen LogP contribution in [0.2, 0.25) is 0 Å².